The van der Waals surface area contributed by atoms with Crippen molar-refractivity contribution in [1.29, 1.82) is 0 Å². The lowest BCUT2D eigenvalue weighted by Gasteiger charge is -2.41. The highest BCUT2D eigenvalue weighted by molar-refractivity contribution is 5.95. The molecule has 0 saturated carbocycles. The lowest BCUT2D eigenvalue weighted by Crippen LogP contribution is -2.52. The number of hydrogen-bond acceptors (Lipinski definition) is 3. The van der Waals surface area contributed by atoms with Gasteiger partial charge in [-0.2, -0.15) is 0 Å². The van der Waals surface area contributed by atoms with Crippen molar-refractivity contribution >= 4 is 5.91 Å². The van der Waals surface area contributed by atoms with Crippen LogP contribution in [0.1, 0.15) is 61.3 Å². The molecule has 3 atom stereocenters. The van der Waals surface area contributed by atoms with E-state index >= 15 is 0 Å². The molecule has 0 unspecified atom stereocenters. The van der Waals surface area contributed by atoms with E-state index in [0.717, 1.165) is 36.5 Å². The molecule has 4 heteroatoms. The Morgan fingerprint density at radius 3 is 2.48 bits per heavy atom. The third-order valence-corrected chi connectivity index (χ3v) is 5.58. The summed E-state index contributed by atoms with van der Waals surface area (Å²) in [5, 5.41) is 0. The second-order valence-electron chi connectivity index (χ2n) is 7.36. The number of likely N-dealkylation sites (tertiary alicyclic amines) is 2. The number of pyridine rings is 1. The zero-order chi connectivity index (χ0) is 16.6. The molecule has 4 nitrogen and oxygen atoms in total. The van der Waals surface area contributed by atoms with Gasteiger partial charge in [-0.15, -0.1) is 0 Å². The van der Waals surface area contributed by atoms with Crippen LogP contribution in [0.5, 0.6) is 0 Å². The van der Waals surface area contributed by atoms with Gasteiger partial charge in [-0.25, -0.2) is 0 Å². The summed E-state index contributed by atoms with van der Waals surface area (Å²) >= 11 is 0. The molecule has 2 fully saturated rings. The number of carbonyl (C=O) groups is 1. The third kappa shape index (κ3) is 3.27. The van der Waals surface area contributed by atoms with Gasteiger partial charge in [0, 0.05) is 36.9 Å². The Bertz CT molecular complexity index is 576. The van der Waals surface area contributed by atoms with Crippen LogP contribution in [0.15, 0.2) is 12.1 Å². The maximum atomic E-state index is 12.9. The van der Waals surface area contributed by atoms with Gasteiger partial charge in [0.05, 0.1) is 11.3 Å². The second kappa shape index (κ2) is 6.60. The highest BCUT2D eigenvalue weighted by Crippen LogP contribution is 2.30. The maximum Gasteiger partial charge on any atom is 0.255 e. The predicted molar refractivity (Wildman–Crippen MR) is 92.6 cm³/mol. The number of rotatable bonds is 2. The molecule has 2 aliphatic heterocycles. The standard InChI is InChI=1S/C19H29N3O/c1-13-7-10-18(16(4)20-13)19(23)21-11-5-6-17(12-21)22-14(2)8-9-15(22)3/h7,10,14-15,17H,5-6,8-9,11-12H2,1-4H3/t14-,15-,17+/m1/s1. The molecule has 0 N–H and O–H groups in total. The van der Waals surface area contributed by atoms with Gasteiger partial charge in [-0.1, -0.05) is 0 Å². The number of hydrogen-bond donors (Lipinski definition) is 0. The monoisotopic (exact) mass is 315 g/mol. The van der Waals surface area contributed by atoms with E-state index in [-0.39, 0.29) is 5.91 Å². The molecule has 0 radical (unpaired) electrons. The van der Waals surface area contributed by atoms with Crippen molar-refractivity contribution in [2.75, 3.05) is 13.1 Å². The van der Waals surface area contributed by atoms with E-state index in [9.17, 15) is 4.79 Å². The molecule has 0 spiro atoms. The van der Waals surface area contributed by atoms with Crippen LogP contribution in [0.25, 0.3) is 0 Å². The van der Waals surface area contributed by atoms with Crippen LogP contribution in [0.2, 0.25) is 0 Å². The normalized spacial score (nSPS) is 29.0. The first-order chi connectivity index (χ1) is 11.0. The van der Waals surface area contributed by atoms with Crippen LogP contribution in [-0.4, -0.2) is 51.9 Å². The molecule has 126 valence electrons. The number of aromatic nitrogens is 1. The van der Waals surface area contributed by atoms with Crippen molar-refractivity contribution < 1.29 is 4.79 Å². The summed E-state index contributed by atoms with van der Waals surface area (Å²) in [5.41, 5.74) is 2.58. The van der Waals surface area contributed by atoms with E-state index in [0.29, 0.717) is 18.1 Å². The Kier molecular flexibility index (Phi) is 4.72. The third-order valence-electron chi connectivity index (χ3n) is 5.58. The molecule has 1 aromatic rings. The summed E-state index contributed by atoms with van der Waals surface area (Å²) in [4.78, 5) is 22.1. The first kappa shape index (κ1) is 16.4. The fourth-order valence-electron chi connectivity index (χ4n) is 4.40. The number of piperidine rings is 1. The van der Waals surface area contributed by atoms with Gasteiger partial charge in [-0.05, 0) is 65.5 Å². The van der Waals surface area contributed by atoms with Gasteiger partial charge < -0.3 is 4.90 Å². The summed E-state index contributed by atoms with van der Waals surface area (Å²) in [7, 11) is 0. The van der Waals surface area contributed by atoms with Crippen LogP contribution >= 0.6 is 0 Å². The van der Waals surface area contributed by atoms with E-state index in [4.69, 9.17) is 0 Å². The van der Waals surface area contributed by atoms with Crippen LogP contribution in [0, 0.1) is 13.8 Å². The van der Waals surface area contributed by atoms with Crippen molar-refractivity contribution in [2.24, 2.45) is 0 Å². The molecule has 3 heterocycles. The Morgan fingerprint density at radius 2 is 1.83 bits per heavy atom. The van der Waals surface area contributed by atoms with Crippen molar-refractivity contribution in [2.45, 2.75) is 71.5 Å². The van der Waals surface area contributed by atoms with Gasteiger partial charge >= 0.3 is 0 Å². The van der Waals surface area contributed by atoms with Crippen LogP contribution in [0.3, 0.4) is 0 Å². The number of nitrogens with zero attached hydrogens (tertiary/aromatic N) is 3. The van der Waals surface area contributed by atoms with Crippen LogP contribution in [0.4, 0.5) is 0 Å². The summed E-state index contributed by atoms with van der Waals surface area (Å²) in [6.07, 6.45) is 4.88. The molecule has 0 aromatic carbocycles. The smallest absolute Gasteiger partial charge is 0.255 e. The molecular formula is C19H29N3O. The summed E-state index contributed by atoms with van der Waals surface area (Å²) < 4.78 is 0. The lowest BCUT2D eigenvalue weighted by molar-refractivity contribution is 0.0486. The van der Waals surface area contributed by atoms with Crippen molar-refractivity contribution in [1.82, 2.24) is 14.8 Å². The quantitative estimate of drug-likeness (QED) is 0.841. The number of aryl methyl sites for hydroxylation is 2. The Labute approximate surface area is 139 Å². The highest BCUT2D eigenvalue weighted by atomic mass is 16.2. The second-order valence-corrected chi connectivity index (χ2v) is 7.36. The molecule has 2 aliphatic rings. The first-order valence-electron chi connectivity index (χ1n) is 8.98. The van der Waals surface area contributed by atoms with Gasteiger partial charge in [-0.3, -0.25) is 14.7 Å². The maximum absolute atomic E-state index is 12.9. The van der Waals surface area contributed by atoms with Crippen LogP contribution < -0.4 is 0 Å². The van der Waals surface area contributed by atoms with E-state index < -0.39 is 0 Å². The number of carbonyl (C=O) groups excluding carboxylic acids is 1. The van der Waals surface area contributed by atoms with Gasteiger partial charge in [0.15, 0.2) is 0 Å². The zero-order valence-electron chi connectivity index (χ0n) is 14.9. The predicted octanol–water partition coefficient (Wildman–Crippen LogP) is 3.18. The first-order valence-corrected chi connectivity index (χ1v) is 8.98. The van der Waals surface area contributed by atoms with Gasteiger partial charge in [0.25, 0.3) is 5.91 Å². The fraction of sp³-hybridized carbons (Fsp3) is 0.684. The molecule has 0 bridgehead atoms. The van der Waals surface area contributed by atoms with Crippen LogP contribution in [-0.2, 0) is 0 Å². The average Bonchev–Trinajstić information content (AvgIpc) is 2.86. The topological polar surface area (TPSA) is 36.4 Å². The molecule has 0 aliphatic carbocycles. The van der Waals surface area contributed by atoms with E-state index in [1.165, 1.54) is 19.3 Å². The highest BCUT2D eigenvalue weighted by Gasteiger charge is 2.36. The van der Waals surface area contributed by atoms with E-state index in [1.807, 2.05) is 30.9 Å². The van der Waals surface area contributed by atoms with Crippen molar-refractivity contribution in [3.05, 3.63) is 29.1 Å². The van der Waals surface area contributed by atoms with Gasteiger partial charge in [0.1, 0.15) is 0 Å². The summed E-state index contributed by atoms with van der Waals surface area (Å²) in [6.45, 7) is 10.3. The lowest BCUT2D eigenvalue weighted by atomic mass is 10.0. The number of amides is 1. The minimum atomic E-state index is 0.152. The van der Waals surface area contributed by atoms with Gasteiger partial charge in [0.2, 0.25) is 0 Å². The Morgan fingerprint density at radius 1 is 1.13 bits per heavy atom. The van der Waals surface area contributed by atoms with E-state index in [1.54, 1.807) is 0 Å². The zero-order valence-corrected chi connectivity index (χ0v) is 14.9. The minimum Gasteiger partial charge on any atom is -0.337 e. The average molecular weight is 315 g/mol. The Hall–Kier alpha value is -1.42. The molecule has 1 amide bonds. The summed E-state index contributed by atoms with van der Waals surface area (Å²) in [6, 6.07) is 5.68. The molecular weight excluding hydrogens is 286 g/mol. The van der Waals surface area contributed by atoms with Crippen molar-refractivity contribution in [3.63, 3.8) is 0 Å². The van der Waals surface area contributed by atoms with Crippen molar-refractivity contribution in [3.8, 4) is 0 Å². The molecule has 1 aromatic heterocycles. The fourth-order valence-corrected chi connectivity index (χ4v) is 4.40. The molecule has 23 heavy (non-hydrogen) atoms. The molecule has 3 rings (SSSR count). The SMILES string of the molecule is Cc1ccc(C(=O)N2CCC[C@H](N3[C@H](C)CC[C@H]3C)C2)c(C)n1. The largest absolute Gasteiger partial charge is 0.337 e. The Balaban J connectivity index is 1.74. The minimum absolute atomic E-state index is 0.152. The molecule has 2 saturated heterocycles. The summed E-state index contributed by atoms with van der Waals surface area (Å²) in [5.74, 6) is 0.152. The van der Waals surface area contributed by atoms with E-state index in [2.05, 4.69) is 23.7 Å².